The Morgan fingerprint density at radius 1 is 0.848 bits per heavy atom. The zero-order valence-corrected chi connectivity index (χ0v) is 18.8. The van der Waals surface area contributed by atoms with Gasteiger partial charge in [-0.05, 0) is 54.2 Å². The summed E-state index contributed by atoms with van der Waals surface area (Å²) < 4.78 is 0. The Morgan fingerprint density at radius 2 is 1.73 bits per heavy atom. The maximum Gasteiger partial charge on any atom is 0.120 e. The predicted octanol–water partition coefficient (Wildman–Crippen LogP) is 4.57. The maximum atomic E-state index is 4.66. The number of fused-ring (bicyclic) bond motifs is 1. The van der Waals surface area contributed by atoms with E-state index in [0.29, 0.717) is 6.04 Å². The molecule has 3 aromatic heterocycles. The van der Waals surface area contributed by atoms with E-state index in [0.717, 1.165) is 50.5 Å². The van der Waals surface area contributed by atoms with E-state index >= 15 is 0 Å². The molecule has 6 nitrogen and oxygen atoms in total. The van der Waals surface area contributed by atoms with E-state index in [2.05, 4.69) is 66.6 Å². The average molecular weight is 439 g/mol. The van der Waals surface area contributed by atoms with Crippen LogP contribution in [-0.4, -0.2) is 24.8 Å². The molecule has 3 heterocycles. The van der Waals surface area contributed by atoms with Gasteiger partial charge in [-0.25, -0.2) is 4.98 Å². The van der Waals surface area contributed by atoms with Crippen LogP contribution in [0.25, 0.3) is 0 Å². The Hall–Kier alpha value is -3.35. The smallest absolute Gasteiger partial charge is 0.120 e. The van der Waals surface area contributed by atoms with E-state index in [4.69, 9.17) is 0 Å². The van der Waals surface area contributed by atoms with E-state index in [1.165, 1.54) is 28.8 Å². The van der Waals surface area contributed by atoms with Gasteiger partial charge in [-0.2, -0.15) is 0 Å². The van der Waals surface area contributed by atoms with Crippen molar-refractivity contribution in [1.82, 2.24) is 30.2 Å². The van der Waals surface area contributed by atoms with Crippen molar-refractivity contribution in [2.75, 3.05) is 0 Å². The van der Waals surface area contributed by atoms with E-state index in [1.807, 2.05) is 43.0 Å². The van der Waals surface area contributed by atoms with Crippen LogP contribution in [0.3, 0.4) is 0 Å². The number of imidazole rings is 1. The third-order valence-electron chi connectivity index (χ3n) is 6.29. The largest absolute Gasteiger partial charge is 0.348 e. The van der Waals surface area contributed by atoms with Crippen LogP contribution < -0.4 is 5.32 Å². The number of aryl methyl sites for hydroxylation is 1. The first-order valence-corrected chi connectivity index (χ1v) is 11.7. The number of pyridine rings is 2. The Morgan fingerprint density at radius 3 is 2.55 bits per heavy atom. The Labute approximate surface area is 195 Å². The van der Waals surface area contributed by atoms with Crippen LogP contribution in [0.5, 0.6) is 0 Å². The molecule has 4 aromatic rings. The summed E-state index contributed by atoms with van der Waals surface area (Å²) >= 11 is 0. The summed E-state index contributed by atoms with van der Waals surface area (Å²) in [6.45, 7) is 3.27. The van der Waals surface area contributed by atoms with Crippen LogP contribution in [-0.2, 0) is 32.6 Å². The molecule has 0 spiro atoms. The summed E-state index contributed by atoms with van der Waals surface area (Å²) in [5.41, 5.74) is 6.26. The van der Waals surface area contributed by atoms with Crippen molar-refractivity contribution in [1.29, 1.82) is 0 Å². The molecule has 0 saturated carbocycles. The van der Waals surface area contributed by atoms with Crippen molar-refractivity contribution < 1.29 is 0 Å². The van der Waals surface area contributed by atoms with Gasteiger partial charge in [0.15, 0.2) is 0 Å². The van der Waals surface area contributed by atoms with Gasteiger partial charge in [0.25, 0.3) is 0 Å². The zero-order chi connectivity index (χ0) is 22.3. The summed E-state index contributed by atoms with van der Waals surface area (Å²) in [6, 6.07) is 19.6. The third kappa shape index (κ3) is 5.53. The van der Waals surface area contributed by atoms with Gasteiger partial charge in [-0.15, -0.1) is 0 Å². The van der Waals surface area contributed by atoms with Crippen LogP contribution in [0.1, 0.15) is 52.8 Å². The average Bonchev–Trinajstić information content (AvgIpc) is 3.38. The lowest BCUT2D eigenvalue weighted by Crippen LogP contribution is -2.31. The Bertz CT molecular complexity index is 1130. The van der Waals surface area contributed by atoms with E-state index < -0.39 is 0 Å². The highest BCUT2D eigenvalue weighted by atomic mass is 15.2. The maximum absolute atomic E-state index is 4.66. The van der Waals surface area contributed by atoms with E-state index in [9.17, 15) is 0 Å². The predicted molar refractivity (Wildman–Crippen MR) is 129 cm³/mol. The molecule has 168 valence electrons. The molecule has 6 heteroatoms. The van der Waals surface area contributed by atoms with Crippen LogP contribution in [0.2, 0.25) is 0 Å². The first-order chi connectivity index (χ1) is 16.3. The van der Waals surface area contributed by atoms with Crippen molar-refractivity contribution >= 4 is 0 Å². The minimum Gasteiger partial charge on any atom is -0.348 e. The Kier molecular flexibility index (Phi) is 6.85. The quantitative estimate of drug-likeness (QED) is 0.401. The van der Waals surface area contributed by atoms with Crippen LogP contribution in [0.4, 0.5) is 0 Å². The van der Waals surface area contributed by atoms with Crippen molar-refractivity contribution in [2.24, 2.45) is 0 Å². The molecule has 0 radical (unpaired) electrons. The molecule has 1 aromatic carbocycles. The molecule has 33 heavy (non-hydrogen) atoms. The number of aromatic nitrogens is 4. The molecule has 0 bridgehead atoms. The summed E-state index contributed by atoms with van der Waals surface area (Å²) in [5, 5.41) is 3.48. The van der Waals surface area contributed by atoms with E-state index in [1.54, 1.807) is 0 Å². The lowest BCUT2D eigenvalue weighted by atomic mass is 9.90. The molecule has 0 aliphatic heterocycles. The highest BCUT2D eigenvalue weighted by molar-refractivity contribution is 5.28. The third-order valence-corrected chi connectivity index (χ3v) is 6.29. The number of hydrogen-bond donors (Lipinski definition) is 2. The van der Waals surface area contributed by atoms with Gasteiger partial charge in [-0.1, -0.05) is 36.4 Å². The zero-order valence-electron chi connectivity index (χ0n) is 18.8. The summed E-state index contributed by atoms with van der Waals surface area (Å²) in [6.07, 6.45) is 10.9. The molecule has 0 fully saturated rings. The normalized spacial score (nSPS) is 15.5. The standard InChI is InChI=1S/C27H30N6/c1-2-13-29-23(5-1)18-28-17-21-9-11-22(12-10-21)19-33(20-27-31-15-16-32-27)26-8-3-7-25-24(26)6-4-14-30-25/h1-2,4-6,9-16,26,28H,3,7-8,17-20H2,(H,31,32). The van der Waals surface area contributed by atoms with Gasteiger partial charge < -0.3 is 10.3 Å². The number of nitrogens with one attached hydrogen (secondary N) is 2. The highest BCUT2D eigenvalue weighted by Gasteiger charge is 2.27. The fraction of sp³-hybridized carbons (Fsp3) is 0.296. The molecular weight excluding hydrogens is 408 g/mol. The minimum absolute atomic E-state index is 0.354. The minimum atomic E-state index is 0.354. The fourth-order valence-electron chi connectivity index (χ4n) is 4.65. The molecular formula is C27H30N6. The topological polar surface area (TPSA) is 69.7 Å². The van der Waals surface area contributed by atoms with E-state index in [-0.39, 0.29) is 0 Å². The number of hydrogen-bond acceptors (Lipinski definition) is 5. The van der Waals surface area contributed by atoms with Crippen molar-refractivity contribution in [2.45, 2.75) is 51.5 Å². The SMILES string of the molecule is c1ccc(CNCc2ccc(CN(Cc3ncc[nH]3)C3CCCc4ncccc43)cc2)nc1. The lowest BCUT2D eigenvalue weighted by molar-refractivity contribution is 0.156. The number of aromatic amines is 1. The Balaban J connectivity index is 1.27. The first-order valence-electron chi connectivity index (χ1n) is 11.7. The molecule has 1 unspecified atom stereocenters. The van der Waals surface area contributed by atoms with Crippen molar-refractivity contribution in [3.8, 4) is 0 Å². The van der Waals surface area contributed by atoms with Crippen LogP contribution in [0.15, 0.2) is 79.4 Å². The van der Waals surface area contributed by atoms with Crippen LogP contribution >= 0.6 is 0 Å². The molecule has 5 rings (SSSR count). The summed E-state index contributed by atoms with van der Waals surface area (Å²) in [5.74, 6) is 1.00. The second-order valence-corrected chi connectivity index (χ2v) is 8.63. The van der Waals surface area contributed by atoms with Crippen molar-refractivity contribution in [3.05, 3.63) is 113 Å². The van der Waals surface area contributed by atoms with Crippen molar-refractivity contribution in [3.63, 3.8) is 0 Å². The molecule has 1 aliphatic carbocycles. The van der Waals surface area contributed by atoms with Gasteiger partial charge >= 0.3 is 0 Å². The van der Waals surface area contributed by atoms with Gasteiger partial charge in [0.05, 0.1) is 12.2 Å². The second-order valence-electron chi connectivity index (χ2n) is 8.63. The molecule has 0 amide bonds. The second kappa shape index (κ2) is 10.5. The highest BCUT2D eigenvalue weighted by Crippen LogP contribution is 2.35. The fourth-order valence-corrected chi connectivity index (χ4v) is 4.65. The summed E-state index contributed by atoms with van der Waals surface area (Å²) in [4.78, 5) is 19.3. The summed E-state index contributed by atoms with van der Waals surface area (Å²) in [7, 11) is 0. The number of H-pyrrole nitrogens is 1. The van der Waals surface area contributed by atoms with Gasteiger partial charge in [0, 0.05) is 56.2 Å². The number of benzene rings is 1. The van der Waals surface area contributed by atoms with Gasteiger partial charge in [-0.3, -0.25) is 14.9 Å². The monoisotopic (exact) mass is 438 g/mol. The molecule has 1 aliphatic rings. The lowest BCUT2D eigenvalue weighted by Gasteiger charge is -2.35. The molecule has 0 saturated heterocycles. The van der Waals surface area contributed by atoms with Crippen LogP contribution in [0, 0.1) is 0 Å². The molecule has 1 atom stereocenters. The first kappa shape index (κ1) is 21.5. The molecule has 2 N–H and O–H groups in total. The number of nitrogens with zero attached hydrogens (tertiary/aromatic N) is 4. The van der Waals surface area contributed by atoms with Gasteiger partial charge in [0.1, 0.15) is 5.82 Å². The van der Waals surface area contributed by atoms with Gasteiger partial charge in [0.2, 0.25) is 0 Å². The number of rotatable bonds is 9.